The lowest BCUT2D eigenvalue weighted by Crippen LogP contribution is -1.98. The Balaban J connectivity index is 0.000000171. The maximum Gasteiger partial charge on any atom is 0.0541 e. The molecule has 2 rings (SSSR count). The van der Waals surface area contributed by atoms with Crippen molar-refractivity contribution < 1.29 is 0 Å². The van der Waals surface area contributed by atoms with Gasteiger partial charge in [0.1, 0.15) is 0 Å². The first-order valence-electron chi connectivity index (χ1n) is 4.77. The molecule has 0 bridgehead atoms. The van der Waals surface area contributed by atoms with Gasteiger partial charge in [-0.15, -0.1) is 0 Å². The monoisotopic (exact) mass is 179 g/mol. The third-order valence-corrected chi connectivity index (χ3v) is 1.83. The maximum atomic E-state index is 4.96. The Morgan fingerprint density at radius 1 is 1.29 bits per heavy atom. The second-order valence-corrected chi connectivity index (χ2v) is 2.90. The number of aromatic amines is 1. The lowest BCUT2D eigenvalue weighted by Gasteiger charge is -1.83. The number of benzene rings is 1. The molecule has 0 saturated heterocycles. The van der Waals surface area contributed by atoms with Crippen molar-refractivity contribution >= 4 is 32.9 Å². The van der Waals surface area contributed by atoms with Crippen LogP contribution >= 0.6 is 0 Å². The Labute approximate surface area is 88.2 Å². The van der Waals surface area contributed by atoms with Gasteiger partial charge in [-0.25, -0.2) is 0 Å². The highest BCUT2D eigenvalue weighted by atomic mass is 14.6. The minimum absolute atomic E-state index is 1.04. The highest BCUT2D eigenvalue weighted by molar-refractivity contribution is 7.23. The number of hydrogen-bond acceptors (Lipinski definition) is 0. The Bertz CT molecular complexity index is 327. The number of hydrogen-bond donors (Lipinski definition) is 1. The summed E-state index contributed by atoms with van der Waals surface area (Å²) in [6, 6.07) is 10.3. The van der Waals surface area contributed by atoms with Crippen LogP contribution in [0.3, 0.4) is 0 Å². The molecule has 1 heterocycles. The van der Waals surface area contributed by atoms with Crippen molar-refractivity contribution in [2.45, 2.75) is 13.2 Å². The van der Waals surface area contributed by atoms with Crippen molar-refractivity contribution in [2.75, 3.05) is 0 Å². The Hall–Kier alpha value is -1.05. The number of nitrogens with one attached hydrogen (secondary N) is 1. The van der Waals surface area contributed by atoms with Crippen LogP contribution in [0.25, 0.3) is 10.9 Å². The smallest absolute Gasteiger partial charge is 0.0541 e. The first-order valence-corrected chi connectivity index (χ1v) is 4.77. The summed E-state index contributed by atoms with van der Waals surface area (Å²) in [6.07, 6.45) is 2.99. The van der Waals surface area contributed by atoms with Gasteiger partial charge in [-0.2, -0.15) is 0 Å². The molecule has 0 aliphatic carbocycles. The van der Waals surface area contributed by atoms with Crippen LogP contribution in [0.5, 0.6) is 0 Å². The van der Waals surface area contributed by atoms with Crippen LogP contribution in [0, 0.1) is 0 Å². The first kappa shape index (κ1) is 11.0. The van der Waals surface area contributed by atoms with Crippen molar-refractivity contribution in [2.24, 2.45) is 0 Å². The number of rotatable bonds is 2. The summed E-state index contributed by atoms with van der Waals surface area (Å²) in [5.74, 6) is 0. The van der Waals surface area contributed by atoms with Crippen LogP contribution in [0.1, 0.15) is 6.92 Å². The second-order valence-electron chi connectivity index (χ2n) is 2.90. The minimum Gasteiger partial charge on any atom is -0.361 e. The molecular formula is C10H12B3N. The second kappa shape index (κ2) is 6.41. The summed E-state index contributed by atoms with van der Waals surface area (Å²) < 4.78 is 0. The molecule has 2 aromatic rings. The van der Waals surface area contributed by atoms with E-state index < -0.39 is 0 Å². The van der Waals surface area contributed by atoms with Crippen molar-refractivity contribution in [3.8, 4) is 0 Å². The summed E-state index contributed by atoms with van der Waals surface area (Å²) in [5.41, 5.74) is 1.21. The summed E-state index contributed by atoms with van der Waals surface area (Å²) in [4.78, 5) is 3.12. The predicted molar refractivity (Wildman–Crippen MR) is 66.0 cm³/mol. The molecule has 4 heteroatoms. The van der Waals surface area contributed by atoms with Crippen LogP contribution in [0.15, 0.2) is 36.5 Å². The topological polar surface area (TPSA) is 15.8 Å². The Morgan fingerprint density at radius 2 is 2.07 bits per heavy atom. The molecule has 0 atom stereocenters. The van der Waals surface area contributed by atoms with Gasteiger partial charge in [-0.05, 0) is 17.5 Å². The average molecular weight is 179 g/mol. The molecule has 0 aliphatic heterocycles. The van der Waals surface area contributed by atoms with E-state index in [9.17, 15) is 0 Å². The Morgan fingerprint density at radius 3 is 2.64 bits per heavy atom. The number of fused-ring (bicyclic) bond motifs is 1. The molecule has 66 valence electrons. The average Bonchev–Trinajstić information content (AvgIpc) is 2.67. The molecule has 1 nitrogen and oxygen atoms in total. The van der Waals surface area contributed by atoms with Crippen LogP contribution < -0.4 is 0 Å². The highest BCUT2D eigenvalue weighted by Gasteiger charge is 1.86. The minimum atomic E-state index is 1.04. The van der Waals surface area contributed by atoms with Gasteiger partial charge in [0, 0.05) is 26.5 Å². The fourth-order valence-corrected chi connectivity index (χ4v) is 1.13. The molecule has 1 N–H and O–H groups in total. The molecule has 0 fully saturated rings. The zero-order chi connectivity index (χ0) is 10.2. The van der Waals surface area contributed by atoms with Crippen molar-refractivity contribution in [3.05, 3.63) is 36.5 Å². The van der Waals surface area contributed by atoms with Crippen LogP contribution in [-0.4, -0.2) is 27.0 Å². The van der Waals surface area contributed by atoms with Crippen LogP contribution in [0.2, 0.25) is 6.32 Å². The van der Waals surface area contributed by atoms with E-state index in [1.165, 1.54) is 10.9 Å². The maximum absolute atomic E-state index is 4.96. The van der Waals surface area contributed by atoms with Crippen molar-refractivity contribution in [1.29, 1.82) is 0 Å². The Kier molecular flexibility index (Phi) is 5.05. The van der Waals surface area contributed by atoms with E-state index in [1.807, 2.05) is 32.4 Å². The number of aromatic nitrogens is 1. The van der Waals surface area contributed by atoms with E-state index >= 15 is 0 Å². The van der Waals surface area contributed by atoms with Gasteiger partial charge in [0.25, 0.3) is 0 Å². The van der Waals surface area contributed by atoms with E-state index in [0.717, 1.165) is 6.32 Å². The zero-order valence-electron chi connectivity index (χ0n) is 8.40. The molecule has 0 unspecified atom stereocenters. The van der Waals surface area contributed by atoms with E-state index in [-0.39, 0.29) is 0 Å². The van der Waals surface area contributed by atoms with Gasteiger partial charge in [-0.1, -0.05) is 31.4 Å². The van der Waals surface area contributed by atoms with Gasteiger partial charge in [0.15, 0.2) is 0 Å². The first-order chi connectivity index (χ1) is 6.88. The highest BCUT2D eigenvalue weighted by Crippen LogP contribution is 2.09. The molecule has 0 spiro atoms. The fourth-order valence-electron chi connectivity index (χ4n) is 1.13. The number of para-hydroxylation sites is 1. The van der Waals surface area contributed by atoms with Crippen molar-refractivity contribution in [3.63, 3.8) is 0 Å². The molecule has 0 saturated carbocycles. The molecule has 1 aromatic heterocycles. The van der Waals surface area contributed by atoms with E-state index in [2.05, 4.69) is 23.2 Å². The van der Waals surface area contributed by atoms with Gasteiger partial charge < -0.3 is 4.98 Å². The van der Waals surface area contributed by atoms with Gasteiger partial charge in [0.2, 0.25) is 0 Å². The lowest BCUT2D eigenvalue weighted by atomic mass is 9.27. The zero-order valence-corrected chi connectivity index (χ0v) is 8.40. The van der Waals surface area contributed by atoms with E-state index in [4.69, 9.17) is 7.74 Å². The largest absolute Gasteiger partial charge is 0.361 e. The predicted octanol–water partition coefficient (Wildman–Crippen LogP) is 2.00. The standard InChI is InChI=1S/C8H7N.C2H5B3/c1-2-4-8-7(3-1)5-6-9-8;1-2-4-5-3/h1-6,9H;2H2,1H3. The quantitative estimate of drug-likeness (QED) is 0.678. The summed E-state index contributed by atoms with van der Waals surface area (Å²) >= 11 is 0. The molecular weight excluding hydrogens is 167 g/mol. The van der Waals surface area contributed by atoms with Gasteiger partial charge >= 0.3 is 0 Å². The molecule has 0 aliphatic rings. The van der Waals surface area contributed by atoms with Crippen LogP contribution in [-0.2, 0) is 0 Å². The SMILES string of the molecule is [B][B][B]CC.c1ccc2[nH]ccc2c1. The number of H-pyrrole nitrogens is 1. The molecule has 0 amide bonds. The summed E-state index contributed by atoms with van der Waals surface area (Å²) in [7, 11) is 8.42. The van der Waals surface area contributed by atoms with Crippen molar-refractivity contribution in [1.82, 2.24) is 4.98 Å². The molecule has 14 heavy (non-hydrogen) atoms. The fraction of sp³-hybridized carbons (Fsp3) is 0.200. The van der Waals surface area contributed by atoms with Crippen LogP contribution in [0.4, 0.5) is 0 Å². The lowest BCUT2D eigenvalue weighted by molar-refractivity contribution is 1.47. The third kappa shape index (κ3) is 3.37. The normalized spacial score (nSPS) is 8.93. The molecule has 4 radical (unpaired) electrons. The van der Waals surface area contributed by atoms with Gasteiger partial charge in [0.05, 0.1) is 7.17 Å². The van der Waals surface area contributed by atoms with Gasteiger partial charge in [-0.3, -0.25) is 0 Å². The summed E-state index contributed by atoms with van der Waals surface area (Å²) in [5, 5.41) is 1.28. The van der Waals surface area contributed by atoms with E-state index in [0.29, 0.717) is 0 Å². The summed E-state index contributed by atoms with van der Waals surface area (Å²) in [6.45, 7) is 2.04. The molecule has 1 aromatic carbocycles. The van der Waals surface area contributed by atoms with E-state index in [1.54, 1.807) is 7.06 Å². The third-order valence-electron chi connectivity index (χ3n) is 1.83.